The third-order valence-electron chi connectivity index (χ3n) is 4.04. The molecule has 1 heterocycles. The first-order valence-corrected chi connectivity index (χ1v) is 9.76. The molecule has 0 radical (unpaired) electrons. The molecule has 152 valence electrons. The van der Waals surface area contributed by atoms with Crippen LogP contribution in [0.2, 0.25) is 10.0 Å². The SMILES string of the molecule is CCCN(CC(=O)Nc1ccc(F)cc1Cl)Cc1nnc(-c2ccccc2Cl)o1. The molecule has 29 heavy (non-hydrogen) atoms. The van der Waals surface area contributed by atoms with Crippen LogP contribution in [0.4, 0.5) is 10.1 Å². The molecule has 0 atom stereocenters. The number of halogens is 3. The monoisotopic (exact) mass is 436 g/mol. The molecule has 1 aromatic heterocycles. The van der Waals surface area contributed by atoms with E-state index in [9.17, 15) is 9.18 Å². The van der Waals surface area contributed by atoms with E-state index in [0.29, 0.717) is 41.1 Å². The van der Waals surface area contributed by atoms with Gasteiger partial charge >= 0.3 is 0 Å². The fourth-order valence-corrected chi connectivity index (χ4v) is 3.20. The summed E-state index contributed by atoms with van der Waals surface area (Å²) in [6.45, 7) is 3.04. The van der Waals surface area contributed by atoms with Crippen molar-refractivity contribution in [2.75, 3.05) is 18.4 Å². The molecule has 6 nitrogen and oxygen atoms in total. The average molecular weight is 437 g/mol. The molecule has 9 heteroatoms. The van der Waals surface area contributed by atoms with Gasteiger partial charge in [-0.15, -0.1) is 10.2 Å². The molecule has 0 aliphatic carbocycles. The Morgan fingerprint density at radius 2 is 1.97 bits per heavy atom. The molecule has 3 rings (SSSR count). The van der Waals surface area contributed by atoms with Gasteiger partial charge in [-0.05, 0) is 43.3 Å². The molecule has 0 saturated heterocycles. The second-order valence-corrected chi connectivity index (χ2v) is 7.18. The summed E-state index contributed by atoms with van der Waals surface area (Å²) in [6.07, 6.45) is 0.829. The Bertz CT molecular complexity index is 996. The molecule has 1 amide bonds. The molecule has 0 aliphatic rings. The molecule has 0 saturated carbocycles. The average Bonchev–Trinajstić information content (AvgIpc) is 3.13. The number of nitrogens with zero attached hydrogens (tertiary/aromatic N) is 3. The molecule has 0 spiro atoms. The fraction of sp³-hybridized carbons (Fsp3) is 0.250. The van der Waals surface area contributed by atoms with Gasteiger partial charge in [0.05, 0.1) is 34.4 Å². The van der Waals surface area contributed by atoms with E-state index in [1.807, 2.05) is 24.0 Å². The van der Waals surface area contributed by atoms with Gasteiger partial charge in [0.1, 0.15) is 5.82 Å². The number of hydrogen-bond donors (Lipinski definition) is 1. The molecule has 1 N–H and O–H groups in total. The zero-order chi connectivity index (χ0) is 20.8. The molecule has 0 fully saturated rings. The fourth-order valence-electron chi connectivity index (χ4n) is 2.77. The first-order chi connectivity index (χ1) is 14.0. The van der Waals surface area contributed by atoms with Crippen LogP contribution in [-0.4, -0.2) is 34.1 Å². The first-order valence-electron chi connectivity index (χ1n) is 9.00. The largest absolute Gasteiger partial charge is 0.419 e. The molecule has 0 aliphatic heterocycles. The zero-order valence-electron chi connectivity index (χ0n) is 15.7. The minimum absolute atomic E-state index is 0.0886. The van der Waals surface area contributed by atoms with Gasteiger partial charge in [0.15, 0.2) is 0 Å². The minimum Gasteiger partial charge on any atom is -0.419 e. The summed E-state index contributed by atoms with van der Waals surface area (Å²) in [5, 5.41) is 11.5. The first kappa shape index (κ1) is 21.2. The van der Waals surface area contributed by atoms with Crippen LogP contribution in [0.25, 0.3) is 11.5 Å². The highest BCUT2D eigenvalue weighted by atomic mass is 35.5. The Hall–Kier alpha value is -2.48. The Balaban J connectivity index is 1.66. The number of anilines is 1. The summed E-state index contributed by atoms with van der Waals surface area (Å²) >= 11 is 12.1. The highest BCUT2D eigenvalue weighted by molar-refractivity contribution is 6.33. The molecule has 2 aromatic carbocycles. The van der Waals surface area contributed by atoms with E-state index in [1.54, 1.807) is 12.1 Å². The number of aromatic nitrogens is 2. The lowest BCUT2D eigenvalue weighted by molar-refractivity contribution is -0.117. The number of nitrogens with one attached hydrogen (secondary N) is 1. The van der Waals surface area contributed by atoms with Crippen molar-refractivity contribution in [3.63, 3.8) is 0 Å². The molecule has 0 bridgehead atoms. The number of carbonyl (C=O) groups is 1. The van der Waals surface area contributed by atoms with E-state index >= 15 is 0 Å². The third-order valence-corrected chi connectivity index (χ3v) is 4.68. The number of carbonyl (C=O) groups excluding carboxylic acids is 1. The lowest BCUT2D eigenvalue weighted by atomic mass is 10.2. The minimum atomic E-state index is -0.466. The summed E-state index contributed by atoms with van der Waals surface area (Å²) in [4.78, 5) is 14.3. The van der Waals surface area contributed by atoms with Crippen LogP contribution in [0.3, 0.4) is 0 Å². The van der Waals surface area contributed by atoms with Crippen LogP contribution < -0.4 is 5.32 Å². The molecule has 3 aromatic rings. The van der Waals surface area contributed by atoms with Gasteiger partial charge in [0.25, 0.3) is 0 Å². The van der Waals surface area contributed by atoms with Crippen molar-refractivity contribution in [3.8, 4) is 11.5 Å². The van der Waals surface area contributed by atoms with Crippen LogP contribution in [0, 0.1) is 5.82 Å². The smallest absolute Gasteiger partial charge is 0.249 e. The second kappa shape index (κ2) is 9.82. The van der Waals surface area contributed by atoms with Crippen molar-refractivity contribution >= 4 is 34.8 Å². The number of hydrogen-bond acceptors (Lipinski definition) is 5. The number of amides is 1. The van der Waals surface area contributed by atoms with Gasteiger partial charge in [0.2, 0.25) is 17.7 Å². The molecular weight excluding hydrogens is 418 g/mol. The van der Waals surface area contributed by atoms with Crippen LogP contribution in [-0.2, 0) is 11.3 Å². The predicted molar refractivity (Wildman–Crippen MR) is 110 cm³/mol. The van der Waals surface area contributed by atoms with Crippen LogP contribution in [0.5, 0.6) is 0 Å². The van der Waals surface area contributed by atoms with Gasteiger partial charge in [0, 0.05) is 0 Å². The van der Waals surface area contributed by atoms with Crippen LogP contribution in [0.1, 0.15) is 19.2 Å². The van der Waals surface area contributed by atoms with E-state index < -0.39 is 5.82 Å². The third kappa shape index (κ3) is 5.76. The van der Waals surface area contributed by atoms with Crippen molar-refractivity contribution in [3.05, 3.63) is 64.2 Å². The van der Waals surface area contributed by atoms with Gasteiger partial charge in [-0.25, -0.2) is 4.39 Å². The predicted octanol–water partition coefficient (Wildman–Crippen LogP) is 5.03. The summed E-state index contributed by atoms with van der Waals surface area (Å²) in [6, 6.07) is 11.0. The highest BCUT2D eigenvalue weighted by Crippen LogP contribution is 2.26. The van der Waals surface area contributed by atoms with Crippen molar-refractivity contribution in [1.29, 1.82) is 0 Å². The number of rotatable bonds is 8. The van der Waals surface area contributed by atoms with E-state index in [1.165, 1.54) is 12.1 Å². The highest BCUT2D eigenvalue weighted by Gasteiger charge is 2.17. The number of benzene rings is 2. The van der Waals surface area contributed by atoms with Crippen LogP contribution >= 0.6 is 23.2 Å². The van der Waals surface area contributed by atoms with Gasteiger partial charge in [-0.1, -0.05) is 42.3 Å². The van der Waals surface area contributed by atoms with Gasteiger partial charge in [-0.2, -0.15) is 0 Å². The Labute approximate surface area is 177 Å². The molecular formula is C20H19Cl2FN4O2. The van der Waals surface area contributed by atoms with E-state index in [0.717, 1.165) is 12.5 Å². The van der Waals surface area contributed by atoms with Crippen molar-refractivity contribution in [1.82, 2.24) is 15.1 Å². The second-order valence-electron chi connectivity index (χ2n) is 6.36. The Morgan fingerprint density at radius 3 is 2.69 bits per heavy atom. The lowest BCUT2D eigenvalue weighted by Crippen LogP contribution is -2.33. The topological polar surface area (TPSA) is 71.3 Å². The standard InChI is InChI=1S/C20H19Cl2FN4O2/c1-2-9-27(11-18(28)24-17-8-7-13(23)10-16(17)22)12-19-25-26-20(29-19)14-5-3-4-6-15(14)21/h3-8,10H,2,9,11-12H2,1H3,(H,24,28). The zero-order valence-corrected chi connectivity index (χ0v) is 17.2. The van der Waals surface area contributed by atoms with E-state index in [-0.39, 0.29) is 17.5 Å². The van der Waals surface area contributed by atoms with E-state index in [4.69, 9.17) is 27.6 Å². The lowest BCUT2D eigenvalue weighted by Gasteiger charge is -2.19. The van der Waals surface area contributed by atoms with Crippen molar-refractivity contribution < 1.29 is 13.6 Å². The summed E-state index contributed by atoms with van der Waals surface area (Å²) in [5.74, 6) is -0.0466. The summed E-state index contributed by atoms with van der Waals surface area (Å²) < 4.78 is 18.9. The normalized spacial score (nSPS) is 11.1. The van der Waals surface area contributed by atoms with Crippen molar-refractivity contribution in [2.45, 2.75) is 19.9 Å². The maximum Gasteiger partial charge on any atom is 0.249 e. The van der Waals surface area contributed by atoms with E-state index in [2.05, 4.69) is 15.5 Å². The van der Waals surface area contributed by atoms with Crippen molar-refractivity contribution in [2.24, 2.45) is 0 Å². The Morgan fingerprint density at radius 1 is 1.17 bits per heavy atom. The summed E-state index contributed by atoms with van der Waals surface area (Å²) in [5.41, 5.74) is 1.01. The quantitative estimate of drug-likeness (QED) is 0.535. The summed E-state index contributed by atoms with van der Waals surface area (Å²) in [7, 11) is 0. The van der Waals surface area contributed by atoms with Crippen LogP contribution in [0.15, 0.2) is 46.9 Å². The maximum absolute atomic E-state index is 13.2. The Kier molecular flexibility index (Phi) is 7.19. The molecule has 0 unspecified atom stereocenters. The van der Waals surface area contributed by atoms with Gasteiger partial charge < -0.3 is 9.73 Å². The maximum atomic E-state index is 13.2. The van der Waals surface area contributed by atoms with Gasteiger partial charge in [-0.3, -0.25) is 9.69 Å².